The number of carbonyl (C=O) groups is 2. The monoisotopic (exact) mass is 330 g/mol. The van der Waals surface area contributed by atoms with Crippen molar-refractivity contribution in [3.8, 4) is 0 Å². The molecule has 25 heavy (non-hydrogen) atoms. The van der Waals surface area contributed by atoms with Crippen molar-refractivity contribution in [2.24, 2.45) is 0 Å². The van der Waals surface area contributed by atoms with Crippen LogP contribution in [0.2, 0.25) is 0 Å². The molecule has 0 aliphatic carbocycles. The molecule has 4 heteroatoms. The summed E-state index contributed by atoms with van der Waals surface area (Å²) in [5.74, 6) is 0.129. The zero-order valence-corrected chi connectivity index (χ0v) is 13.7. The number of fused-ring (bicyclic) bond motifs is 6. The Morgan fingerprint density at radius 3 is 2.60 bits per heavy atom. The molecule has 0 saturated carbocycles. The number of aromatic amines is 1. The van der Waals surface area contributed by atoms with Crippen LogP contribution in [0.1, 0.15) is 40.5 Å². The summed E-state index contributed by atoms with van der Waals surface area (Å²) in [6.45, 7) is 0. The Bertz CT molecular complexity index is 990. The number of ketones is 1. The predicted octanol–water partition coefficient (Wildman–Crippen LogP) is 3.64. The van der Waals surface area contributed by atoms with Crippen molar-refractivity contribution in [2.75, 3.05) is 0 Å². The van der Waals surface area contributed by atoms with Gasteiger partial charge in [0.05, 0.1) is 12.1 Å². The van der Waals surface area contributed by atoms with Crippen molar-refractivity contribution in [2.45, 2.75) is 31.3 Å². The molecule has 2 bridgehead atoms. The Morgan fingerprint density at radius 1 is 1.00 bits per heavy atom. The SMILES string of the molecule is O=C1CC[C@H]2c3[nH]c4ccccc4c3C[C@@H]1N2C(=O)c1ccccc1. The highest BCUT2D eigenvalue weighted by molar-refractivity contribution is 6.00. The Kier molecular flexibility index (Phi) is 3.07. The fraction of sp³-hybridized carbons (Fsp3) is 0.238. The third kappa shape index (κ3) is 2.07. The molecule has 1 N–H and O–H groups in total. The van der Waals surface area contributed by atoms with Crippen LogP contribution >= 0.6 is 0 Å². The van der Waals surface area contributed by atoms with Gasteiger partial charge in [-0.25, -0.2) is 0 Å². The summed E-state index contributed by atoms with van der Waals surface area (Å²) in [6, 6.07) is 17.1. The van der Waals surface area contributed by atoms with Gasteiger partial charge in [-0.2, -0.15) is 0 Å². The van der Waals surface area contributed by atoms with E-state index in [1.165, 1.54) is 10.9 Å². The second kappa shape index (κ2) is 5.31. The molecule has 2 aromatic carbocycles. The highest BCUT2D eigenvalue weighted by Crippen LogP contribution is 2.43. The van der Waals surface area contributed by atoms with Gasteiger partial charge < -0.3 is 9.88 Å². The van der Waals surface area contributed by atoms with E-state index < -0.39 is 0 Å². The van der Waals surface area contributed by atoms with Gasteiger partial charge in [-0.15, -0.1) is 0 Å². The number of amides is 1. The minimum Gasteiger partial charge on any atom is -0.356 e. The Balaban J connectivity index is 1.66. The number of Topliss-reactive ketones (excluding diaryl/α,β-unsaturated/α-hetero) is 1. The predicted molar refractivity (Wildman–Crippen MR) is 95.4 cm³/mol. The third-order valence-electron chi connectivity index (χ3n) is 5.54. The van der Waals surface area contributed by atoms with Gasteiger partial charge >= 0.3 is 0 Å². The van der Waals surface area contributed by atoms with Crippen LogP contribution < -0.4 is 0 Å². The Labute approximate surface area is 145 Å². The number of carbonyl (C=O) groups excluding carboxylic acids is 2. The fourth-order valence-electron chi connectivity index (χ4n) is 4.38. The molecule has 5 rings (SSSR count). The minimum absolute atomic E-state index is 0.0482. The topological polar surface area (TPSA) is 53.2 Å². The highest BCUT2D eigenvalue weighted by Gasteiger charge is 2.45. The average Bonchev–Trinajstić information content (AvgIpc) is 3.03. The molecule has 0 spiro atoms. The maximum Gasteiger partial charge on any atom is 0.255 e. The van der Waals surface area contributed by atoms with E-state index in [1.54, 1.807) is 0 Å². The van der Waals surface area contributed by atoms with E-state index in [0.29, 0.717) is 24.8 Å². The number of rotatable bonds is 1. The van der Waals surface area contributed by atoms with Crippen molar-refractivity contribution in [3.63, 3.8) is 0 Å². The van der Waals surface area contributed by atoms with Crippen LogP contribution in [0.4, 0.5) is 0 Å². The lowest BCUT2D eigenvalue weighted by Gasteiger charge is -2.44. The molecule has 3 aromatic rings. The van der Waals surface area contributed by atoms with Crippen LogP contribution in [0, 0.1) is 0 Å². The second-order valence-electron chi connectivity index (χ2n) is 6.88. The summed E-state index contributed by atoms with van der Waals surface area (Å²) in [5.41, 5.74) is 4.04. The number of aromatic nitrogens is 1. The van der Waals surface area contributed by atoms with E-state index >= 15 is 0 Å². The van der Waals surface area contributed by atoms with Crippen molar-refractivity contribution in [1.82, 2.24) is 9.88 Å². The molecule has 1 fully saturated rings. The van der Waals surface area contributed by atoms with E-state index in [-0.39, 0.29) is 23.8 Å². The first-order valence-electron chi connectivity index (χ1n) is 8.74. The van der Waals surface area contributed by atoms with Gasteiger partial charge in [-0.05, 0) is 30.2 Å². The molecule has 124 valence electrons. The lowest BCUT2D eigenvalue weighted by Crippen LogP contribution is -2.54. The zero-order chi connectivity index (χ0) is 17.0. The first-order chi connectivity index (χ1) is 12.2. The molecule has 3 heterocycles. The smallest absolute Gasteiger partial charge is 0.255 e. The van der Waals surface area contributed by atoms with Gasteiger partial charge in [-0.3, -0.25) is 9.59 Å². The lowest BCUT2D eigenvalue weighted by atomic mass is 9.81. The second-order valence-corrected chi connectivity index (χ2v) is 6.88. The number of nitrogens with one attached hydrogen (secondary N) is 1. The quantitative estimate of drug-likeness (QED) is 0.740. The maximum atomic E-state index is 13.1. The maximum absolute atomic E-state index is 13.1. The molecule has 2 aliphatic heterocycles. The van der Waals surface area contributed by atoms with Gasteiger partial charge in [0.15, 0.2) is 5.78 Å². The van der Waals surface area contributed by atoms with E-state index in [4.69, 9.17) is 0 Å². The normalized spacial score (nSPS) is 22.1. The molecule has 0 unspecified atom stereocenters. The standard InChI is InChI=1S/C21H18N2O2/c24-19-11-10-17-20-15(14-8-4-5-9-16(14)22-20)12-18(19)23(17)21(25)13-6-2-1-3-7-13/h1-9,17-18,22H,10-12H2/t17-,18-/m0/s1. The van der Waals surface area contributed by atoms with Crippen LogP contribution in [-0.4, -0.2) is 27.6 Å². The van der Waals surface area contributed by atoms with E-state index in [1.807, 2.05) is 47.4 Å². The molecular formula is C21H18N2O2. The lowest BCUT2D eigenvalue weighted by molar-refractivity contribution is -0.128. The Morgan fingerprint density at radius 2 is 1.76 bits per heavy atom. The number of benzene rings is 2. The molecular weight excluding hydrogens is 312 g/mol. The molecule has 1 saturated heterocycles. The van der Waals surface area contributed by atoms with Gasteiger partial charge in [0, 0.05) is 35.0 Å². The highest BCUT2D eigenvalue weighted by atomic mass is 16.2. The molecule has 0 radical (unpaired) electrons. The molecule has 2 aliphatic rings. The number of nitrogens with zero attached hydrogens (tertiary/aromatic N) is 1. The number of piperidine rings is 1. The summed E-state index contributed by atoms with van der Waals surface area (Å²) >= 11 is 0. The number of para-hydroxylation sites is 1. The largest absolute Gasteiger partial charge is 0.356 e. The van der Waals surface area contributed by atoms with Gasteiger partial charge in [0.25, 0.3) is 5.91 Å². The number of hydrogen-bond acceptors (Lipinski definition) is 2. The van der Waals surface area contributed by atoms with Crippen molar-refractivity contribution < 1.29 is 9.59 Å². The molecule has 4 nitrogen and oxygen atoms in total. The fourth-order valence-corrected chi connectivity index (χ4v) is 4.38. The Hall–Kier alpha value is -2.88. The first kappa shape index (κ1) is 14.5. The van der Waals surface area contributed by atoms with Crippen molar-refractivity contribution >= 4 is 22.6 Å². The summed E-state index contributed by atoms with van der Waals surface area (Å²) in [4.78, 5) is 31.1. The summed E-state index contributed by atoms with van der Waals surface area (Å²) in [5, 5.41) is 1.18. The molecule has 2 atom stereocenters. The molecule has 1 amide bonds. The minimum atomic E-state index is -0.349. The molecule has 1 aromatic heterocycles. The van der Waals surface area contributed by atoms with E-state index in [2.05, 4.69) is 17.1 Å². The van der Waals surface area contributed by atoms with Crippen LogP contribution in [0.25, 0.3) is 10.9 Å². The summed E-state index contributed by atoms with van der Waals surface area (Å²) in [7, 11) is 0. The van der Waals surface area contributed by atoms with Crippen molar-refractivity contribution in [3.05, 3.63) is 71.4 Å². The van der Waals surface area contributed by atoms with Gasteiger partial charge in [0.1, 0.15) is 0 Å². The van der Waals surface area contributed by atoms with Crippen LogP contribution in [0.15, 0.2) is 54.6 Å². The third-order valence-corrected chi connectivity index (χ3v) is 5.54. The van der Waals surface area contributed by atoms with Gasteiger partial charge in [-0.1, -0.05) is 36.4 Å². The van der Waals surface area contributed by atoms with Crippen LogP contribution in [0.5, 0.6) is 0 Å². The van der Waals surface area contributed by atoms with Crippen LogP contribution in [0.3, 0.4) is 0 Å². The first-order valence-corrected chi connectivity index (χ1v) is 8.74. The summed E-state index contributed by atoms with van der Waals surface area (Å²) < 4.78 is 0. The number of H-pyrrole nitrogens is 1. The van der Waals surface area contributed by atoms with Crippen molar-refractivity contribution in [1.29, 1.82) is 0 Å². The average molecular weight is 330 g/mol. The zero-order valence-electron chi connectivity index (χ0n) is 13.7. The summed E-state index contributed by atoms with van der Waals surface area (Å²) in [6.07, 6.45) is 1.84. The van der Waals surface area contributed by atoms with E-state index in [9.17, 15) is 9.59 Å². The van der Waals surface area contributed by atoms with Crippen LogP contribution in [-0.2, 0) is 11.2 Å². The van der Waals surface area contributed by atoms with E-state index in [0.717, 1.165) is 11.2 Å². The number of hydrogen-bond donors (Lipinski definition) is 1. The van der Waals surface area contributed by atoms with Gasteiger partial charge in [0.2, 0.25) is 0 Å².